The summed E-state index contributed by atoms with van der Waals surface area (Å²) in [5.74, 6) is 0.921. The van der Waals surface area contributed by atoms with Gasteiger partial charge in [0.05, 0.1) is 13.2 Å². The van der Waals surface area contributed by atoms with Crippen molar-refractivity contribution >= 4 is 0 Å². The summed E-state index contributed by atoms with van der Waals surface area (Å²) in [6.45, 7) is 6.48. The molecule has 2 rings (SSSR count). The lowest BCUT2D eigenvalue weighted by atomic mass is 9.91. The van der Waals surface area contributed by atoms with Crippen molar-refractivity contribution in [2.24, 2.45) is 0 Å². The molecule has 0 amide bonds. The second-order valence-corrected chi connectivity index (χ2v) is 5.26. The lowest BCUT2D eigenvalue weighted by molar-refractivity contribution is 0.405. The van der Waals surface area contributed by atoms with Gasteiger partial charge in [-0.25, -0.2) is 0 Å². The first-order valence-corrected chi connectivity index (χ1v) is 6.96. The highest BCUT2D eigenvalue weighted by Gasteiger charge is 2.18. The van der Waals surface area contributed by atoms with Gasteiger partial charge < -0.3 is 10.1 Å². The Kier molecular flexibility index (Phi) is 4.46. The number of rotatable bonds is 4. The van der Waals surface area contributed by atoms with Crippen LogP contribution >= 0.6 is 0 Å². The first-order chi connectivity index (χ1) is 9.58. The Bertz CT molecular complexity index is 604. The van der Waals surface area contributed by atoms with Crippen LogP contribution in [-0.4, -0.2) is 14.2 Å². The summed E-state index contributed by atoms with van der Waals surface area (Å²) >= 11 is 0. The molecule has 1 atom stereocenters. The van der Waals surface area contributed by atoms with Crippen molar-refractivity contribution in [2.45, 2.75) is 26.8 Å². The lowest BCUT2D eigenvalue weighted by Crippen LogP contribution is -2.19. The van der Waals surface area contributed by atoms with Crippen LogP contribution in [0.2, 0.25) is 0 Å². The first-order valence-electron chi connectivity index (χ1n) is 6.96. The zero-order valence-electron chi connectivity index (χ0n) is 12.9. The van der Waals surface area contributed by atoms with Crippen LogP contribution in [-0.2, 0) is 0 Å². The summed E-state index contributed by atoms with van der Waals surface area (Å²) in [5.41, 5.74) is 6.43. The van der Waals surface area contributed by atoms with Gasteiger partial charge >= 0.3 is 0 Å². The molecule has 0 aliphatic carbocycles. The van der Waals surface area contributed by atoms with E-state index in [1.54, 1.807) is 7.11 Å². The summed E-state index contributed by atoms with van der Waals surface area (Å²) in [4.78, 5) is 0. The average molecular weight is 269 g/mol. The smallest absolute Gasteiger partial charge is 0.123 e. The van der Waals surface area contributed by atoms with E-state index in [-0.39, 0.29) is 6.04 Å². The largest absolute Gasteiger partial charge is 0.496 e. The highest BCUT2D eigenvalue weighted by atomic mass is 16.5. The molecule has 0 aliphatic heterocycles. The SMILES string of the molecule is CNC(c1cc(C)c(C)cc1C)c1ccccc1OC. The summed E-state index contributed by atoms with van der Waals surface area (Å²) in [5, 5.41) is 3.42. The van der Waals surface area contributed by atoms with Gasteiger partial charge in [-0.3, -0.25) is 0 Å². The Labute approximate surface area is 121 Å². The normalized spacial score (nSPS) is 12.2. The molecule has 0 radical (unpaired) electrons. The Hall–Kier alpha value is -1.80. The molecule has 1 N–H and O–H groups in total. The highest BCUT2D eigenvalue weighted by Crippen LogP contribution is 2.32. The van der Waals surface area contributed by atoms with E-state index in [1.165, 1.54) is 27.8 Å². The summed E-state index contributed by atoms with van der Waals surface area (Å²) in [7, 11) is 3.71. The van der Waals surface area contributed by atoms with Gasteiger partial charge in [-0.1, -0.05) is 30.3 Å². The molecule has 0 bridgehead atoms. The molecular weight excluding hydrogens is 246 g/mol. The quantitative estimate of drug-likeness (QED) is 0.908. The molecule has 2 nitrogen and oxygen atoms in total. The van der Waals surface area contributed by atoms with E-state index in [2.05, 4.69) is 50.4 Å². The van der Waals surface area contributed by atoms with Crippen LogP contribution in [0.4, 0.5) is 0 Å². The molecule has 106 valence electrons. The van der Waals surface area contributed by atoms with Gasteiger partial charge in [-0.2, -0.15) is 0 Å². The van der Waals surface area contributed by atoms with Crippen molar-refractivity contribution in [3.05, 3.63) is 64.2 Å². The minimum atomic E-state index is 0.144. The number of methoxy groups -OCH3 is 1. The van der Waals surface area contributed by atoms with Gasteiger partial charge in [0, 0.05) is 5.56 Å². The topological polar surface area (TPSA) is 21.3 Å². The van der Waals surface area contributed by atoms with Crippen molar-refractivity contribution in [3.63, 3.8) is 0 Å². The Morgan fingerprint density at radius 3 is 2.20 bits per heavy atom. The molecule has 1 unspecified atom stereocenters. The zero-order chi connectivity index (χ0) is 14.7. The van der Waals surface area contributed by atoms with Gasteiger partial charge in [0.25, 0.3) is 0 Å². The fraction of sp³-hybridized carbons (Fsp3) is 0.333. The summed E-state index contributed by atoms with van der Waals surface area (Å²) in [6, 6.07) is 12.9. The minimum Gasteiger partial charge on any atom is -0.496 e. The van der Waals surface area contributed by atoms with Crippen molar-refractivity contribution < 1.29 is 4.74 Å². The van der Waals surface area contributed by atoms with E-state index in [0.29, 0.717) is 0 Å². The second-order valence-electron chi connectivity index (χ2n) is 5.26. The maximum Gasteiger partial charge on any atom is 0.123 e. The van der Waals surface area contributed by atoms with Crippen LogP contribution < -0.4 is 10.1 Å². The van der Waals surface area contributed by atoms with Crippen LogP contribution in [0.25, 0.3) is 0 Å². The maximum atomic E-state index is 5.50. The fourth-order valence-corrected chi connectivity index (χ4v) is 2.68. The van der Waals surface area contributed by atoms with Crippen LogP contribution in [0.1, 0.15) is 33.9 Å². The number of hydrogen-bond donors (Lipinski definition) is 1. The van der Waals surface area contributed by atoms with E-state index >= 15 is 0 Å². The molecule has 0 spiro atoms. The van der Waals surface area contributed by atoms with Gasteiger partial charge in [0.1, 0.15) is 5.75 Å². The molecule has 0 aliphatic rings. The molecular formula is C18H23NO. The number of benzene rings is 2. The van der Waals surface area contributed by atoms with Gasteiger partial charge in [-0.05, 0) is 56.1 Å². The van der Waals surface area contributed by atoms with Crippen molar-refractivity contribution in [3.8, 4) is 5.75 Å². The van der Waals surface area contributed by atoms with Gasteiger partial charge in [0.15, 0.2) is 0 Å². The second kappa shape index (κ2) is 6.10. The fourth-order valence-electron chi connectivity index (χ4n) is 2.68. The lowest BCUT2D eigenvalue weighted by Gasteiger charge is -2.22. The Balaban J connectivity index is 2.55. The van der Waals surface area contributed by atoms with E-state index < -0.39 is 0 Å². The average Bonchev–Trinajstić information content (AvgIpc) is 2.45. The number of para-hydroxylation sites is 1. The maximum absolute atomic E-state index is 5.50. The van der Waals surface area contributed by atoms with E-state index in [9.17, 15) is 0 Å². The predicted octanol–water partition coefficient (Wildman–Crippen LogP) is 3.93. The number of nitrogens with one attached hydrogen (secondary N) is 1. The zero-order valence-corrected chi connectivity index (χ0v) is 12.9. The van der Waals surface area contributed by atoms with Gasteiger partial charge in [-0.15, -0.1) is 0 Å². The monoisotopic (exact) mass is 269 g/mol. The summed E-state index contributed by atoms with van der Waals surface area (Å²) < 4.78 is 5.50. The highest BCUT2D eigenvalue weighted by molar-refractivity contribution is 5.46. The molecule has 0 fully saturated rings. The Morgan fingerprint density at radius 2 is 1.55 bits per heavy atom. The van der Waals surface area contributed by atoms with Crippen LogP contribution in [0.5, 0.6) is 5.75 Å². The van der Waals surface area contributed by atoms with Crippen LogP contribution in [0.15, 0.2) is 36.4 Å². The van der Waals surface area contributed by atoms with Crippen molar-refractivity contribution in [2.75, 3.05) is 14.2 Å². The molecule has 2 aromatic rings. The first kappa shape index (κ1) is 14.6. The molecule has 0 heterocycles. The number of aryl methyl sites for hydroxylation is 3. The van der Waals surface area contributed by atoms with Crippen molar-refractivity contribution in [1.29, 1.82) is 0 Å². The molecule has 20 heavy (non-hydrogen) atoms. The molecule has 0 saturated carbocycles. The minimum absolute atomic E-state index is 0.144. The van der Waals surface area contributed by atoms with E-state index in [4.69, 9.17) is 4.74 Å². The number of ether oxygens (including phenoxy) is 1. The standard InChI is InChI=1S/C18H23NO/c1-12-10-14(3)16(11-13(12)2)18(19-4)15-8-6-7-9-17(15)20-5/h6-11,18-19H,1-5H3. The summed E-state index contributed by atoms with van der Waals surface area (Å²) in [6.07, 6.45) is 0. The Morgan fingerprint density at radius 1 is 0.900 bits per heavy atom. The third kappa shape index (κ3) is 2.70. The molecule has 2 heteroatoms. The van der Waals surface area contributed by atoms with Crippen molar-refractivity contribution in [1.82, 2.24) is 5.32 Å². The third-order valence-corrected chi connectivity index (χ3v) is 3.93. The van der Waals surface area contributed by atoms with E-state index in [1.807, 2.05) is 19.2 Å². The molecule has 0 aromatic heterocycles. The van der Waals surface area contributed by atoms with E-state index in [0.717, 1.165) is 5.75 Å². The third-order valence-electron chi connectivity index (χ3n) is 3.93. The molecule has 2 aromatic carbocycles. The number of hydrogen-bond acceptors (Lipinski definition) is 2. The van der Waals surface area contributed by atoms with Crippen LogP contribution in [0.3, 0.4) is 0 Å². The molecule has 0 saturated heterocycles. The van der Waals surface area contributed by atoms with Crippen LogP contribution in [0, 0.1) is 20.8 Å². The predicted molar refractivity (Wildman–Crippen MR) is 84.5 cm³/mol. The van der Waals surface area contributed by atoms with Gasteiger partial charge in [0.2, 0.25) is 0 Å².